The summed E-state index contributed by atoms with van der Waals surface area (Å²) in [6.07, 6.45) is -5.00. The zero-order chi connectivity index (χ0) is 10.5. The van der Waals surface area contributed by atoms with Crippen molar-refractivity contribution in [1.29, 1.82) is 0 Å². The molecule has 0 N–H and O–H groups in total. The first-order valence-electron chi connectivity index (χ1n) is 3.37. The molecule has 1 rings (SSSR count). The van der Waals surface area contributed by atoms with Gasteiger partial charge >= 0.3 is 6.18 Å². The summed E-state index contributed by atoms with van der Waals surface area (Å²) in [4.78, 5) is 0. The van der Waals surface area contributed by atoms with Gasteiger partial charge in [0.25, 0.3) is 9.24 Å². The number of hydrogen-bond acceptors (Lipinski definition) is 2. The summed E-state index contributed by atoms with van der Waals surface area (Å²) >= 11 is 0. The first-order valence-corrected chi connectivity index (χ1v) is 5.63. The molecule has 0 bridgehead atoms. The molecule has 0 aromatic heterocycles. The smallest absolute Gasteiger partial charge is 0.195 e. The van der Waals surface area contributed by atoms with E-state index >= 15 is 0 Å². The van der Waals surface area contributed by atoms with E-state index in [1.54, 1.807) is 0 Å². The average Bonchev–Trinajstić information content (AvgIpc) is 2.60. The van der Waals surface area contributed by atoms with E-state index in [1.807, 2.05) is 0 Å². The molecule has 0 spiro atoms. The van der Waals surface area contributed by atoms with Crippen molar-refractivity contribution in [3.05, 3.63) is 0 Å². The minimum absolute atomic E-state index is 0.182. The fourth-order valence-electron chi connectivity index (χ4n) is 1.10. The van der Waals surface area contributed by atoms with Gasteiger partial charge in [-0.05, 0) is 12.8 Å². The van der Waals surface area contributed by atoms with Crippen molar-refractivity contribution in [3.63, 3.8) is 0 Å². The molecule has 0 amide bonds. The van der Waals surface area contributed by atoms with Gasteiger partial charge in [-0.25, -0.2) is 0 Å². The Hall–Kier alpha value is -0.0100. The molecule has 8 heteroatoms. The van der Waals surface area contributed by atoms with E-state index in [0.29, 0.717) is 0 Å². The molecule has 0 radical (unpaired) electrons. The van der Waals surface area contributed by atoms with Crippen LogP contribution in [0.2, 0.25) is 0 Å². The fraction of sp³-hybridized carbons (Fsp3) is 1.00. The lowest BCUT2D eigenvalue weighted by Crippen LogP contribution is -2.47. The van der Waals surface area contributed by atoms with Crippen LogP contribution in [0, 0.1) is 0 Å². The standard InChI is InChI=1S/C5H7ClF3NO2S/c1-10(13(6,11)12)4(2-3-4)5(7,8)9/h2-3H2,1H3. The fourth-order valence-corrected chi connectivity index (χ4v) is 2.20. The van der Waals surface area contributed by atoms with Crippen molar-refractivity contribution < 1.29 is 21.6 Å². The Balaban J connectivity index is 2.97. The van der Waals surface area contributed by atoms with Crippen molar-refractivity contribution >= 4 is 19.9 Å². The van der Waals surface area contributed by atoms with Crippen molar-refractivity contribution in [2.75, 3.05) is 7.05 Å². The largest absolute Gasteiger partial charge is 0.407 e. The minimum atomic E-state index is -4.55. The molecular formula is C5H7ClF3NO2S. The van der Waals surface area contributed by atoms with Crippen LogP contribution in [-0.2, 0) is 9.24 Å². The van der Waals surface area contributed by atoms with Gasteiger partial charge in [0.2, 0.25) is 0 Å². The van der Waals surface area contributed by atoms with Crippen LogP contribution < -0.4 is 0 Å². The summed E-state index contributed by atoms with van der Waals surface area (Å²) in [6.45, 7) is 0. The Labute approximate surface area is 78.0 Å². The van der Waals surface area contributed by atoms with Crippen molar-refractivity contribution in [2.45, 2.75) is 24.6 Å². The van der Waals surface area contributed by atoms with E-state index in [4.69, 9.17) is 10.7 Å². The Morgan fingerprint density at radius 3 is 1.85 bits per heavy atom. The van der Waals surface area contributed by atoms with E-state index in [2.05, 4.69) is 0 Å². The maximum absolute atomic E-state index is 12.3. The third-order valence-corrected chi connectivity index (χ3v) is 3.81. The summed E-state index contributed by atoms with van der Waals surface area (Å²) < 4.78 is 58.4. The van der Waals surface area contributed by atoms with Crippen LogP contribution in [0.5, 0.6) is 0 Å². The van der Waals surface area contributed by atoms with Crippen molar-refractivity contribution in [3.8, 4) is 0 Å². The molecule has 1 aliphatic carbocycles. The quantitative estimate of drug-likeness (QED) is 0.683. The molecular weight excluding hydrogens is 231 g/mol. The second-order valence-corrected chi connectivity index (χ2v) is 5.48. The number of alkyl halides is 3. The van der Waals surface area contributed by atoms with Gasteiger partial charge in [-0.15, -0.1) is 0 Å². The highest BCUT2D eigenvalue weighted by molar-refractivity contribution is 8.11. The molecule has 78 valence electrons. The maximum Gasteiger partial charge on any atom is 0.407 e. The van der Waals surface area contributed by atoms with E-state index in [0.717, 1.165) is 7.05 Å². The third kappa shape index (κ3) is 1.77. The molecule has 3 nitrogen and oxygen atoms in total. The lowest BCUT2D eigenvalue weighted by atomic mass is 10.3. The summed E-state index contributed by atoms with van der Waals surface area (Å²) in [5, 5.41) is 0. The summed E-state index contributed by atoms with van der Waals surface area (Å²) in [5.41, 5.74) is -2.26. The second kappa shape index (κ2) is 2.74. The maximum atomic E-state index is 12.3. The van der Waals surface area contributed by atoms with Gasteiger partial charge in [-0.2, -0.15) is 25.9 Å². The first-order chi connectivity index (χ1) is 5.61. The summed E-state index contributed by atoms with van der Waals surface area (Å²) in [7, 11) is 1.35. The van der Waals surface area contributed by atoms with Crippen LogP contribution in [0.1, 0.15) is 12.8 Å². The van der Waals surface area contributed by atoms with Crippen molar-refractivity contribution in [1.82, 2.24) is 4.31 Å². The molecule has 0 atom stereocenters. The van der Waals surface area contributed by atoms with Crippen LogP contribution in [0.25, 0.3) is 0 Å². The number of rotatable bonds is 2. The Morgan fingerprint density at radius 1 is 1.38 bits per heavy atom. The summed E-state index contributed by atoms with van der Waals surface area (Å²) in [5.74, 6) is 0. The van der Waals surface area contributed by atoms with Gasteiger partial charge in [0.15, 0.2) is 0 Å². The van der Waals surface area contributed by atoms with E-state index in [1.165, 1.54) is 0 Å². The van der Waals surface area contributed by atoms with Crippen LogP contribution in [0.3, 0.4) is 0 Å². The third-order valence-electron chi connectivity index (χ3n) is 2.18. The Morgan fingerprint density at radius 2 is 1.77 bits per heavy atom. The predicted molar refractivity (Wildman–Crippen MR) is 40.6 cm³/mol. The first kappa shape index (κ1) is 11.1. The molecule has 1 aliphatic rings. The topological polar surface area (TPSA) is 37.4 Å². The van der Waals surface area contributed by atoms with Crippen LogP contribution >= 0.6 is 10.7 Å². The number of halogens is 4. The Bertz CT molecular complexity index is 308. The van der Waals surface area contributed by atoms with Gasteiger partial charge in [0.05, 0.1) is 0 Å². The normalized spacial score (nSPS) is 22.0. The summed E-state index contributed by atoms with van der Waals surface area (Å²) in [6, 6.07) is 0. The molecule has 1 fully saturated rings. The highest BCUT2D eigenvalue weighted by Gasteiger charge is 2.68. The highest BCUT2D eigenvalue weighted by atomic mass is 35.7. The lowest BCUT2D eigenvalue weighted by Gasteiger charge is -2.26. The van der Waals surface area contributed by atoms with Crippen molar-refractivity contribution in [2.24, 2.45) is 0 Å². The number of hydrogen-bond donors (Lipinski definition) is 0. The van der Waals surface area contributed by atoms with Gasteiger partial charge in [-0.1, -0.05) is 0 Å². The molecule has 0 aliphatic heterocycles. The molecule has 0 unspecified atom stereocenters. The lowest BCUT2D eigenvalue weighted by molar-refractivity contribution is -0.179. The van der Waals surface area contributed by atoms with Crippen LogP contribution in [0.4, 0.5) is 13.2 Å². The van der Waals surface area contributed by atoms with Gasteiger partial charge in [0, 0.05) is 17.7 Å². The molecule has 0 saturated heterocycles. The van der Waals surface area contributed by atoms with E-state index in [-0.39, 0.29) is 17.1 Å². The minimum Gasteiger partial charge on any atom is -0.195 e. The van der Waals surface area contributed by atoms with Gasteiger partial charge < -0.3 is 0 Å². The molecule has 0 aromatic carbocycles. The monoisotopic (exact) mass is 237 g/mol. The molecule has 1 saturated carbocycles. The van der Waals surface area contributed by atoms with Gasteiger partial charge in [0.1, 0.15) is 5.54 Å². The highest BCUT2D eigenvalue weighted by Crippen LogP contribution is 2.54. The van der Waals surface area contributed by atoms with E-state index in [9.17, 15) is 21.6 Å². The van der Waals surface area contributed by atoms with E-state index < -0.39 is 21.0 Å². The molecule has 0 heterocycles. The predicted octanol–water partition coefficient (Wildman–Crippen LogP) is 1.50. The SMILES string of the molecule is CN(C1(C(F)(F)F)CC1)S(=O)(=O)Cl. The molecule has 0 aromatic rings. The average molecular weight is 238 g/mol. The Kier molecular flexibility index (Phi) is 2.33. The number of nitrogens with zero attached hydrogens (tertiary/aromatic N) is 1. The second-order valence-electron chi connectivity index (χ2n) is 2.94. The molecule has 13 heavy (non-hydrogen) atoms. The zero-order valence-electron chi connectivity index (χ0n) is 6.60. The van der Waals surface area contributed by atoms with Crippen LogP contribution in [-0.4, -0.2) is 31.5 Å². The van der Waals surface area contributed by atoms with Gasteiger partial charge in [-0.3, -0.25) is 0 Å². The van der Waals surface area contributed by atoms with Crippen LogP contribution in [0.15, 0.2) is 0 Å². The zero-order valence-corrected chi connectivity index (χ0v) is 8.17.